The van der Waals surface area contributed by atoms with Crippen molar-refractivity contribution >= 4 is 51.3 Å². The Labute approximate surface area is 202 Å². The third-order valence-electron chi connectivity index (χ3n) is 5.04. The van der Waals surface area contributed by atoms with Crippen LogP contribution in [0.3, 0.4) is 0 Å². The fourth-order valence-electron chi connectivity index (χ4n) is 3.52. The minimum atomic E-state index is 0.388. The molecule has 0 aromatic heterocycles. The van der Waals surface area contributed by atoms with E-state index in [9.17, 15) is 0 Å². The Morgan fingerprint density at radius 1 is 0.812 bits per heavy atom. The second-order valence-electron chi connectivity index (χ2n) is 7.24. The van der Waals surface area contributed by atoms with E-state index < -0.39 is 0 Å². The van der Waals surface area contributed by atoms with Gasteiger partial charge >= 0.3 is 0 Å². The van der Waals surface area contributed by atoms with Gasteiger partial charge < -0.3 is 14.8 Å². The van der Waals surface area contributed by atoms with Gasteiger partial charge in [0.1, 0.15) is 6.61 Å². The highest BCUT2D eigenvalue weighted by molar-refractivity contribution is 6.36. The van der Waals surface area contributed by atoms with Crippen molar-refractivity contribution in [3.63, 3.8) is 0 Å². The Kier molecular flexibility index (Phi) is 7.31. The molecule has 0 fully saturated rings. The second kappa shape index (κ2) is 10.4. The number of halogens is 3. The van der Waals surface area contributed by atoms with E-state index >= 15 is 0 Å². The van der Waals surface area contributed by atoms with Gasteiger partial charge in [-0.25, -0.2) is 0 Å². The summed E-state index contributed by atoms with van der Waals surface area (Å²) in [6.07, 6.45) is 0. The predicted octanol–water partition coefficient (Wildman–Crippen LogP) is 8.39. The van der Waals surface area contributed by atoms with Crippen LogP contribution in [0.2, 0.25) is 15.1 Å². The first-order chi connectivity index (χ1) is 15.5. The molecule has 0 amide bonds. The van der Waals surface area contributed by atoms with E-state index in [1.165, 1.54) is 5.39 Å². The lowest BCUT2D eigenvalue weighted by atomic mass is 10.1. The van der Waals surface area contributed by atoms with Gasteiger partial charge in [0.25, 0.3) is 0 Å². The SMILES string of the molecule is CCOc1cc(CNc2ccc(Cl)cc2Cl)cc(Cl)c1OCc1cccc2ccccc12. The molecule has 0 aliphatic carbocycles. The molecule has 1 N–H and O–H groups in total. The van der Waals surface area contributed by atoms with Crippen molar-refractivity contribution in [2.24, 2.45) is 0 Å². The zero-order valence-electron chi connectivity index (χ0n) is 17.5. The molecule has 6 heteroatoms. The summed E-state index contributed by atoms with van der Waals surface area (Å²) in [6.45, 7) is 3.34. The maximum Gasteiger partial charge on any atom is 0.180 e. The third kappa shape index (κ3) is 5.24. The molecule has 32 heavy (non-hydrogen) atoms. The summed E-state index contributed by atoms with van der Waals surface area (Å²) in [6, 6.07) is 23.6. The van der Waals surface area contributed by atoms with E-state index in [1.54, 1.807) is 12.1 Å². The van der Waals surface area contributed by atoms with Crippen LogP contribution in [-0.4, -0.2) is 6.61 Å². The Morgan fingerprint density at radius 2 is 1.62 bits per heavy atom. The molecule has 0 radical (unpaired) electrons. The molecule has 0 aliphatic heterocycles. The molecule has 4 rings (SSSR count). The molecular weight excluding hydrogens is 465 g/mol. The minimum Gasteiger partial charge on any atom is -0.490 e. The molecule has 164 valence electrons. The van der Waals surface area contributed by atoms with Crippen molar-refractivity contribution in [3.05, 3.63) is 99.0 Å². The standard InChI is InChI=1S/C26H22Cl3NO2/c1-2-31-25-13-17(15-30-24-11-10-20(27)14-22(24)28)12-23(29)26(25)32-16-19-8-5-7-18-6-3-4-9-21(18)19/h3-14,30H,2,15-16H2,1H3. The Bertz CT molecular complexity index is 1240. The summed E-state index contributed by atoms with van der Waals surface area (Å²) >= 11 is 18.8. The number of nitrogens with one attached hydrogen (secondary N) is 1. The summed E-state index contributed by atoms with van der Waals surface area (Å²) in [4.78, 5) is 0. The van der Waals surface area contributed by atoms with Crippen LogP contribution in [0.4, 0.5) is 5.69 Å². The maximum atomic E-state index is 6.61. The average molecular weight is 487 g/mol. The fraction of sp³-hybridized carbons (Fsp3) is 0.154. The molecule has 4 aromatic carbocycles. The Morgan fingerprint density at radius 3 is 2.44 bits per heavy atom. The van der Waals surface area contributed by atoms with Gasteiger partial charge in [-0.1, -0.05) is 77.3 Å². The lowest BCUT2D eigenvalue weighted by Crippen LogP contribution is -2.04. The first kappa shape index (κ1) is 22.6. The van der Waals surface area contributed by atoms with Gasteiger partial charge in [0.05, 0.1) is 22.3 Å². The van der Waals surface area contributed by atoms with E-state index in [1.807, 2.05) is 43.3 Å². The largest absolute Gasteiger partial charge is 0.490 e. The fourth-order valence-corrected chi connectivity index (χ4v) is 4.29. The summed E-state index contributed by atoms with van der Waals surface area (Å²) in [5, 5.41) is 7.28. The summed E-state index contributed by atoms with van der Waals surface area (Å²) in [5.41, 5.74) is 2.83. The van der Waals surface area contributed by atoms with Gasteiger partial charge in [0, 0.05) is 11.6 Å². The highest BCUT2D eigenvalue weighted by Gasteiger charge is 2.14. The first-order valence-corrected chi connectivity index (χ1v) is 11.4. The smallest absolute Gasteiger partial charge is 0.180 e. The number of hydrogen-bond donors (Lipinski definition) is 1. The number of hydrogen-bond acceptors (Lipinski definition) is 3. The van der Waals surface area contributed by atoms with Crippen LogP contribution in [0.1, 0.15) is 18.1 Å². The number of fused-ring (bicyclic) bond motifs is 1. The molecule has 0 saturated carbocycles. The van der Waals surface area contributed by atoms with Crippen LogP contribution in [0.15, 0.2) is 72.8 Å². The van der Waals surface area contributed by atoms with Crippen molar-refractivity contribution < 1.29 is 9.47 Å². The Balaban J connectivity index is 1.54. The van der Waals surface area contributed by atoms with Gasteiger partial charge in [-0.05, 0) is 59.2 Å². The van der Waals surface area contributed by atoms with Gasteiger partial charge in [0.2, 0.25) is 0 Å². The van der Waals surface area contributed by atoms with E-state index in [0.717, 1.165) is 22.2 Å². The van der Waals surface area contributed by atoms with Crippen LogP contribution in [0, 0.1) is 0 Å². The number of anilines is 1. The van der Waals surface area contributed by atoms with Crippen molar-refractivity contribution in [1.29, 1.82) is 0 Å². The summed E-state index contributed by atoms with van der Waals surface area (Å²) < 4.78 is 12.0. The van der Waals surface area contributed by atoms with E-state index in [0.29, 0.717) is 46.3 Å². The molecular formula is C26H22Cl3NO2. The monoisotopic (exact) mass is 485 g/mol. The summed E-state index contributed by atoms with van der Waals surface area (Å²) in [7, 11) is 0. The highest BCUT2D eigenvalue weighted by Crippen LogP contribution is 2.38. The van der Waals surface area contributed by atoms with Crippen LogP contribution in [0.5, 0.6) is 11.5 Å². The molecule has 3 nitrogen and oxygen atoms in total. The summed E-state index contributed by atoms with van der Waals surface area (Å²) in [5.74, 6) is 1.15. The molecule has 0 heterocycles. The van der Waals surface area contributed by atoms with Gasteiger partial charge in [-0.2, -0.15) is 0 Å². The molecule has 0 bridgehead atoms. The van der Waals surface area contributed by atoms with Gasteiger partial charge in [-0.3, -0.25) is 0 Å². The van der Waals surface area contributed by atoms with Crippen molar-refractivity contribution in [2.75, 3.05) is 11.9 Å². The van der Waals surface area contributed by atoms with Crippen molar-refractivity contribution in [2.45, 2.75) is 20.1 Å². The Hall–Kier alpha value is -2.59. The zero-order chi connectivity index (χ0) is 22.5. The second-order valence-corrected chi connectivity index (χ2v) is 8.49. The molecule has 0 spiro atoms. The third-order valence-corrected chi connectivity index (χ3v) is 5.86. The zero-order valence-corrected chi connectivity index (χ0v) is 19.8. The minimum absolute atomic E-state index is 0.388. The molecule has 0 aliphatic rings. The normalized spacial score (nSPS) is 10.9. The van der Waals surface area contributed by atoms with Crippen molar-refractivity contribution in [3.8, 4) is 11.5 Å². The molecule has 4 aromatic rings. The van der Waals surface area contributed by atoms with Crippen LogP contribution in [0.25, 0.3) is 10.8 Å². The van der Waals surface area contributed by atoms with E-state index in [2.05, 4.69) is 29.6 Å². The first-order valence-electron chi connectivity index (χ1n) is 10.3. The van der Waals surface area contributed by atoms with Gasteiger partial charge in [0.15, 0.2) is 11.5 Å². The van der Waals surface area contributed by atoms with E-state index in [4.69, 9.17) is 44.3 Å². The van der Waals surface area contributed by atoms with Crippen LogP contribution < -0.4 is 14.8 Å². The number of ether oxygens (including phenoxy) is 2. The van der Waals surface area contributed by atoms with E-state index in [-0.39, 0.29) is 0 Å². The average Bonchev–Trinajstić information content (AvgIpc) is 2.78. The molecule has 0 unspecified atom stereocenters. The van der Waals surface area contributed by atoms with Gasteiger partial charge in [-0.15, -0.1) is 0 Å². The lowest BCUT2D eigenvalue weighted by Gasteiger charge is -2.17. The predicted molar refractivity (Wildman–Crippen MR) is 135 cm³/mol. The number of rotatable bonds is 8. The molecule has 0 saturated heterocycles. The lowest BCUT2D eigenvalue weighted by molar-refractivity contribution is 0.270. The maximum absolute atomic E-state index is 6.61. The van der Waals surface area contributed by atoms with Crippen LogP contribution in [-0.2, 0) is 13.2 Å². The highest BCUT2D eigenvalue weighted by atomic mass is 35.5. The number of benzene rings is 4. The topological polar surface area (TPSA) is 30.5 Å². The van der Waals surface area contributed by atoms with Crippen LogP contribution >= 0.6 is 34.8 Å². The molecule has 0 atom stereocenters. The van der Waals surface area contributed by atoms with Crippen molar-refractivity contribution in [1.82, 2.24) is 0 Å². The quantitative estimate of drug-likeness (QED) is 0.271.